The second-order valence-electron chi connectivity index (χ2n) is 5.36. The summed E-state index contributed by atoms with van der Waals surface area (Å²) in [6.07, 6.45) is 2.01. The van der Waals surface area contributed by atoms with Crippen molar-refractivity contribution in [2.45, 2.75) is 18.9 Å². The summed E-state index contributed by atoms with van der Waals surface area (Å²) < 4.78 is 0. The van der Waals surface area contributed by atoms with Gasteiger partial charge >= 0.3 is 0 Å². The minimum atomic E-state index is 0.328. The second kappa shape index (κ2) is 5.21. The third-order valence-corrected chi connectivity index (χ3v) is 3.92. The van der Waals surface area contributed by atoms with Crippen molar-refractivity contribution >= 4 is 17.6 Å². The Bertz CT molecular complexity index is 642. The molecule has 4 N–H and O–H groups in total. The molecule has 6 heteroatoms. The smallest absolute Gasteiger partial charge is 0.226 e. The molecule has 1 aromatic heterocycles. The third-order valence-electron chi connectivity index (χ3n) is 3.92. The van der Waals surface area contributed by atoms with Crippen LogP contribution in [0.25, 0.3) is 0 Å². The molecule has 2 aliphatic heterocycles. The largest absolute Gasteiger partial charge is 0.369 e. The van der Waals surface area contributed by atoms with E-state index in [1.807, 2.05) is 6.07 Å². The minimum Gasteiger partial charge on any atom is -0.369 e. The lowest BCUT2D eigenvalue weighted by Gasteiger charge is -2.20. The Kier molecular flexibility index (Phi) is 3.08. The number of nitrogens with one attached hydrogen (secondary N) is 4. The van der Waals surface area contributed by atoms with Crippen LogP contribution in [0.3, 0.4) is 0 Å². The van der Waals surface area contributed by atoms with Gasteiger partial charge in [0.2, 0.25) is 5.95 Å². The van der Waals surface area contributed by atoms with Gasteiger partial charge in [-0.1, -0.05) is 30.3 Å². The maximum atomic E-state index is 4.58. The predicted molar refractivity (Wildman–Crippen MR) is 83.3 cm³/mol. The Morgan fingerprint density at radius 1 is 1.14 bits per heavy atom. The number of nitrogens with zero attached hydrogens (tertiary/aromatic N) is 2. The first-order valence-electron chi connectivity index (χ1n) is 7.35. The van der Waals surface area contributed by atoms with Crippen LogP contribution in [0.5, 0.6) is 0 Å². The van der Waals surface area contributed by atoms with Crippen molar-refractivity contribution in [2.75, 3.05) is 29.1 Å². The van der Waals surface area contributed by atoms with E-state index in [1.165, 1.54) is 5.56 Å². The highest BCUT2D eigenvalue weighted by atomic mass is 15.4. The number of anilines is 3. The van der Waals surface area contributed by atoms with Crippen molar-refractivity contribution in [3.05, 3.63) is 41.5 Å². The maximum Gasteiger partial charge on any atom is 0.226 e. The van der Waals surface area contributed by atoms with Gasteiger partial charge in [0.15, 0.2) is 5.82 Å². The number of hydrogen-bond acceptors (Lipinski definition) is 6. The minimum absolute atomic E-state index is 0.328. The van der Waals surface area contributed by atoms with E-state index in [-0.39, 0.29) is 0 Å². The van der Waals surface area contributed by atoms with E-state index in [4.69, 9.17) is 0 Å². The molecule has 0 amide bonds. The molecule has 1 aromatic carbocycles. The van der Waals surface area contributed by atoms with Crippen LogP contribution < -0.4 is 21.5 Å². The lowest BCUT2D eigenvalue weighted by Crippen LogP contribution is -2.24. The summed E-state index contributed by atoms with van der Waals surface area (Å²) in [5.41, 5.74) is 8.87. The molecule has 2 aliphatic rings. The lowest BCUT2D eigenvalue weighted by molar-refractivity contribution is 0.575. The fourth-order valence-electron chi connectivity index (χ4n) is 2.85. The van der Waals surface area contributed by atoms with Crippen LogP contribution in [0.4, 0.5) is 17.6 Å². The van der Waals surface area contributed by atoms with E-state index in [1.54, 1.807) is 0 Å². The molecule has 2 aromatic rings. The van der Waals surface area contributed by atoms with E-state index in [9.17, 15) is 0 Å². The Morgan fingerprint density at radius 3 is 2.90 bits per heavy atom. The summed E-state index contributed by atoms with van der Waals surface area (Å²) >= 11 is 0. The van der Waals surface area contributed by atoms with Crippen LogP contribution in [0, 0.1) is 0 Å². The van der Waals surface area contributed by atoms with Crippen LogP contribution in [-0.4, -0.2) is 23.1 Å². The van der Waals surface area contributed by atoms with Gasteiger partial charge in [-0.05, 0) is 18.4 Å². The Hall–Kier alpha value is -2.34. The molecule has 1 unspecified atom stereocenters. The Labute approximate surface area is 123 Å². The van der Waals surface area contributed by atoms with Gasteiger partial charge in [0.25, 0.3) is 0 Å². The molecule has 0 aliphatic carbocycles. The van der Waals surface area contributed by atoms with Gasteiger partial charge < -0.3 is 16.1 Å². The summed E-state index contributed by atoms with van der Waals surface area (Å²) in [6, 6.07) is 10.7. The average molecular weight is 282 g/mol. The molecule has 0 fully saturated rings. The molecule has 0 saturated heterocycles. The first-order valence-corrected chi connectivity index (χ1v) is 7.35. The molecular formula is C15H18N6. The van der Waals surface area contributed by atoms with Gasteiger partial charge in [-0.3, -0.25) is 0 Å². The average Bonchev–Trinajstić information content (AvgIpc) is 2.93. The zero-order valence-electron chi connectivity index (χ0n) is 11.7. The van der Waals surface area contributed by atoms with Gasteiger partial charge in [-0.25, -0.2) is 5.43 Å². The summed E-state index contributed by atoms with van der Waals surface area (Å²) in [5, 5.41) is 6.66. The predicted octanol–water partition coefficient (Wildman–Crippen LogP) is 1.92. The first-order chi connectivity index (χ1) is 10.4. The number of aromatic nitrogens is 2. The Balaban J connectivity index is 1.47. The molecule has 108 valence electrons. The van der Waals surface area contributed by atoms with Crippen LogP contribution in [0.1, 0.15) is 23.6 Å². The number of hydrazine groups is 1. The number of benzene rings is 1. The fourth-order valence-corrected chi connectivity index (χ4v) is 2.85. The summed E-state index contributed by atoms with van der Waals surface area (Å²) in [7, 11) is 0. The highest BCUT2D eigenvalue weighted by molar-refractivity contribution is 5.66. The van der Waals surface area contributed by atoms with Crippen molar-refractivity contribution in [1.82, 2.24) is 15.4 Å². The summed E-state index contributed by atoms with van der Waals surface area (Å²) in [6.45, 7) is 1.76. The molecule has 4 rings (SSSR count). The number of rotatable bonds is 4. The maximum absolute atomic E-state index is 4.58. The van der Waals surface area contributed by atoms with E-state index < -0.39 is 0 Å². The fraction of sp³-hybridized carbons (Fsp3) is 0.333. The molecule has 0 saturated carbocycles. The zero-order valence-corrected chi connectivity index (χ0v) is 11.7. The zero-order chi connectivity index (χ0) is 14.1. The van der Waals surface area contributed by atoms with Crippen LogP contribution in [-0.2, 0) is 6.42 Å². The summed E-state index contributed by atoms with van der Waals surface area (Å²) in [5.74, 6) is 2.50. The van der Waals surface area contributed by atoms with Gasteiger partial charge in [0.05, 0.1) is 11.6 Å². The standard InChI is InChI=1S/C15H18N6/c1-2-4-10(5-3-1)6-8-17-15-18-13-12-11(7-9-16-13)20-21-14(12)19-15/h1-5,11,20H,6-9H2,(H3,16,17,18,19,21). The van der Waals surface area contributed by atoms with Crippen LogP contribution in [0.15, 0.2) is 30.3 Å². The Morgan fingerprint density at radius 2 is 2.00 bits per heavy atom. The number of hydrogen-bond donors (Lipinski definition) is 4. The third kappa shape index (κ3) is 2.38. The lowest BCUT2D eigenvalue weighted by atomic mass is 10.0. The van der Waals surface area contributed by atoms with E-state index in [2.05, 4.69) is 55.7 Å². The molecule has 0 bridgehead atoms. The molecule has 0 spiro atoms. The summed E-state index contributed by atoms with van der Waals surface area (Å²) in [4.78, 5) is 9.12. The van der Waals surface area contributed by atoms with Gasteiger partial charge in [-0.15, -0.1) is 0 Å². The first kappa shape index (κ1) is 12.4. The monoisotopic (exact) mass is 282 g/mol. The van der Waals surface area contributed by atoms with Gasteiger partial charge in [-0.2, -0.15) is 9.97 Å². The molecule has 6 nitrogen and oxygen atoms in total. The molecule has 1 atom stereocenters. The van der Waals surface area contributed by atoms with Crippen molar-refractivity contribution in [3.63, 3.8) is 0 Å². The SMILES string of the molecule is c1ccc(CCNc2nc3c4c(n2)NNC4CCN3)cc1. The van der Waals surface area contributed by atoms with E-state index >= 15 is 0 Å². The van der Waals surface area contributed by atoms with Crippen molar-refractivity contribution in [2.24, 2.45) is 0 Å². The van der Waals surface area contributed by atoms with Crippen molar-refractivity contribution in [3.8, 4) is 0 Å². The second-order valence-corrected chi connectivity index (χ2v) is 5.36. The molecule has 0 radical (unpaired) electrons. The normalized spacial score (nSPS) is 18.6. The van der Waals surface area contributed by atoms with Crippen molar-refractivity contribution < 1.29 is 0 Å². The molecule has 21 heavy (non-hydrogen) atoms. The van der Waals surface area contributed by atoms with Crippen LogP contribution >= 0.6 is 0 Å². The van der Waals surface area contributed by atoms with E-state index in [0.717, 1.165) is 43.1 Å². The topological polar surface area (TPSA) is 73.9 Å². The molecule has 3 heterocycles. The van der Waals surface area contributed by atoms with Gasteiger partial charge in [0.1, 0.15) is 5.82 Å². The molecular weight excluding hydrogens is 264 g/mol. The van der Waals surface area contributed by atoms with E-state index in [0.29, 0.717) is 12.0 Å². The quantitative estimate of drug-likeness (QED) is 0.686. The highest BCUT2D eigenvalue weighted by Crippen LogP contribution is 2.37. The van der Waals surface area contributed by atoms with Crippen molar-refractivity contribution in [1.29, 1.82) is 0 Å². The van der Waals surface area contributed by atoms with Crippen LogP contribution in [0.2, 0.25) is 0 Å². The highest BCUT2D eigenvalue weighted by Gasteiger charge is 2.30. The van der Waals surface area contributed by atoms with Gasteiger partial charge in [0, 0.05) is 13.1 Å².